The van der Waals surface area contributed by atoms with Crippen LogP contribution < -0.4 is 0 Å². The summed E-state index contributed by atoms with van der Waals surface area (Å²) >= 11 is 3.38. The van der Waals surface area contributed by atoms with Gasteiger partial charge in [0, 0.05) is 11.9 Å². The zero-order valence-electron chi connectivity index (χ0n) is 10.9. The van der Waals surface area contributed by atoms with Crippen LogP contribution in [0, 0.1) is 11.7 Å². The Kier molecular flexibility index (Phi) is 7.51. The van der Waals surface area contributed by atoms with Gasteiger partial charge in [0.2, 0.25) is 0 Å². The third-order valence-electron chi connectivity index (χ3n) is 2.80. The molecule has 0 heterocycles. The third-order valence-corrected chi connectivity index (χ3v) is 3.71. The molecule has 0 spiro atoms. The van der Waals surface area contributed by atoms with Gasteiger partial charge in [-0.05, 0) is 42.9 Å². The lowest BCUT2D eigenvalue weighted by atomic mass is 9.97. The molecule has 1 aromatic carbocycles. The molecule has 1 nitrogen and oxygen atoms in total. The van der Waals surface area contributed by atoms with E-state index in [0.29, 0.717) is 12.8 Å². The molecule has 0 bridgehead atoms. The first-order chi connectivity index (χ1) is 9.40. The highest BCUT2D eigenvalue weighted by atomic mass is 79.9. The fraction of sp³-hybridized carbons (Fsp3) is 0.571. The van der Waals surface area contributed by atoms with Crippen molar-refractivity contribution in [1.29, 1.82) is 0 Å². The molecule has 0 fully saturated rings. The Bertz CT molecular complexity index is 395. The molecule has 0 saturated carbocycles. The summed E-state index contributed by atoms with van der Waals surface area (Å²) in [5.41, 5.74) is 0.894. The molecule has 0 N–H and O–H groups in total. The highest BCUT2D eigenvalue weighted by molar-refractivity contribution is 9.09. The summed E-state index contributed by atoms with van der Waals surface area (Å²) in [7, 11) is 0. The number of hydrogen-bond acceptors (Lipinski definition) is 1. The molecule has 1 aromatic rings. The van der Waals surface area contributed by atoms with Crippen LogP contribution in [0.2, 0.25) is 0 Å². The van der Waals surface area contributed by atoms with E-state index in [2.05, 4.69) is 20.7 Å². The van der Waals surface area contributed by atoms with Crippen molar-refractivity contribution in [2.45, 2.75) is 25.4 Å². The lowest BCUT2D eigenvalue weighted by Crippen LogP contribution is -2.17. The number of ether oxygens (including phenoxy) is 1. The second kappa shape index (κ2) is 8.62. The van der Waals surface area contributed by atoms with E-state index < -0.39 is 12.8 Å². The van der Waals surface area contributed by atoms with Crippen molar-refractivity contribution < 1.29 is 22.3 Å². The molecule has 1 unspecified atom stereocenters. The SMILES string of the molecule is Fc1cccc(CC(CBr)CCCOCC(F)(F)F)c1. The maximum Gasteiger partial charge on any atom is 0.411 e. The standard InChI is InChI=1S/C14H17BrF4O/c15-9-12(4-2-6-20-10-14(17,18)19)7-11-3-1-5-13(16)8-11/h1,3,5,8,12H,2,4,6-7,9-10H2. The monoisotopic (exact) mass is 356 g/mol. The van der Waals surface area contributed by atoms with Crippen molar-refractivity contribution in [3.8, 4) is 0 Å². The zero-order chi connectivity index (χ0) is 15.0. The Morgan fingerprint density at radius 2 is 2.00 bits per heavy atom. The molecule has 0 aromatic heterocycles. The summed E-state index contributed by atoms with van der Waals surface area (Å²) in [5, 5.41) is 0.725. The zero-order valence-corrected chi connectivity index (χ0v) is 12.5. The minimum Gasteiger partial charge on any atom is -0.372 e. The molecular weight excluding hydrogens is 340 g/mol. The Morgan fingerprint density at radius 3 is 2.60 bits per heavy atom. The van der Waals surface area contributed by atoms with Crippen LogP contribution in [0.15, 0.2) is 24.3 Å². The molecule has 0 saturated heterocycles. The fourth-order valence-corrected chi connectivity index (χ4v) is 2.45. The van der Waals surface area contributed by atoms with Gasteiger partial charge in [0.25, 0.3) is 0 Å². The second-order valence-corrected chi connectivity index (χ2v) is 5.31. The molecular formula is C14H17BrF4O. The van der Waals surface area contributed by atoms with Gasteiger partial charge >= 0.3 is 6.18 Å². The smallest absolute Gasteiger partial charge is 0.372 e. The average molecular weight is 357 g/mol. The Labute approximate surface area is 124 Å². The summed E-state index contributed by atoms with van der Waals surface area (Å²) in [4.78, 5) is 0. The van der Waals surface area contributed by atoms with Crippen molar-refractivity contribution in [3.63, 3.8) is 0 Å². The molecule has 1 rings (SSSR count). The van der Waals surface area contributed by atoms with Gasteiger partial charge in [-0.1, -0.05) is 28.1 Å². The topological polar surface area (TPSA) is 9.23 Å². The van der Waals surface area contributed by atoms with Crippen LogP contribution in [0.4, 0.5) is 17.6 Å². The lowest BCUT2D eigenvalue weighted by Gasteiger charge is -2.14. The number of rotatable bonds is 8. The first-order valence-corrected chi connectivity index (χ1v) is 7.48. The largest absolute Gasteiger partial charge is 0.411 e. The highest BCUT2D eigenvalue weighted by Gasteiger charge is 2.27. The van der Waals surface area contributed by atoms with E-state index in [0.717, 1.165) is 17.3 Å². The predicted molar refractivity (Wildman–Crippen MR) is 73.5 cm³/mol. The Hall–Kier alpha value is -0.620. The lowest BCUT2D eigenvalue weighted by molar-refractivity contribution is -0.174. The van der Waals surface area contributed by atoms with Crippen molar-refractivity contribution >= 4 is 15.9 Å². The van der Waals surface area contributed by atoms with Crippen molar-refractivity contribution in [2.24, 2.45) is 5.92 Å². The molecule has 20 heavy (non-hydrogen) atoms. The van der Waals surface area contributed by atoms with E-state index in [4.69, 9.17) is 0 Å². The summed E-state index contributed by atoms with van der Waals surface area (Å²) in [5.74, 6) is -0.0179. The summed E-state index contributed by atoms with van der Waals surface area (Å²) in [6, 6.07) is 6.37. The summed E-state index contributed by atoms with van der Waals surface area (Å²) in [6.07, 6.45) is -2.28. The van der Waals surface area contributed by atoms with Crippen LogP contribution in [0.5, 0.6) is 0 Å². The maximum atomic E-state index is 13.0. The van der Waals surface area contributed by atoms with Crippen LogP contribution in [-0.2, 0) is 11.2 Å². The van der Waals surface area contributed by atoms with Gasteiger partial charge in [-0.25, -0.2) is 4.39 Å². The first kappa shape index (κ1) is 17.4. The summed E-state index contributed by atoms with van der Waals surface area (Å²) in [6.45, 7) is -1.11. The minimum absolute atomic E-state index is 0.0894. The van der Waals surface area contributed by atoms with Crippen LogP contribution in [0.1, 0.15) is 18.4 Å². The average Bonchev–Trinajstić information content (AvgIpc) is 2.35. The first-order valence-electron chi connectivity index (χ1n) is 6.35. The van der Waals surface area contributed by atoms with Gasteiger partial charge in [-0.15, -0.1) is 0 Å². The second-order valence-electron chi connectivity index (χ2n) is 4.66. The Balaban J connectivity index is 2.26. The van der Waals surface area contributed by atoms with Gasteiger partial charge in [-0.3, -0.25) is 0 Å². The van der Waals surface area contributed by atoms with Gasteiger partial charge in [0.05, 0.1) is 0 Å². The predicted octanol–water partition coefficient (Wildman–Crippen LogP) is 4.74. The van der Waals surface area contributed by atoms with Crippen molar-refractivity contribution in [3.05, 3.63) is 35.6 Å². The molecule has 114 valence electrons. The van der Waals surface area contributed by atoms with Gasteiger partial charge < -0.3 is 4.74 Å². The summed E-state index contributed by atoms with van der Waals surface area (Å²) < 4.78 is 53.2. The van der Waals surface area contributed by atoms with Gasteiger partial charge in [0.1, 0.15) is 12.4 Å². The number of hydrogen-bond donors (Lipinski definition) is 0. The van der Waals surface area contributed by atoms with Gasteiger partial charge in [0.15, 0.2) is 0 Å². The molecule has 0 radical (unpaired) electrons. The number of benzene rings is 1. The molecule has 0 amide bonds. The van der Waals surface area contributed by atoms with Gasteiger partial charge in [-0.2, -0.15) is 13.2 Å². The molecule has 0 aliphatic carbocycles. The number of halogens is 5. The maximum absolute atomic E-state index is 13.0. The van der Waals surface area contributed by atoms with Crippen LogP contribution in [-0.4, -0.2) is 24.7 Å². The highest BCUT2D eigenvalue weighted by Crippen LogP contribution is 2.18. The number of alkyl halides is 4. The molecule has 1 atom stereocenters. The van der Waals surface area contributed by atoms with Crippen LogP contribution in [0.3, 0.4) is 0 Å². The fourth-order valence-electron chi connectivity index (χ4n) is 1.89. The van der Waals surface area contributed by atoms with E-state index in [-0.39, 0.29) is 18.3 Å². The normalized spacial score (nSPS) is 13.4. The van der Waals surface area contributed by atoms with E-state index in [9.17, 15) is 17.6 Å². The van der Waals surface area contributed by atoms with Crippen LogP contribution >= 0.6 is 15.9 Å². The van der Waals surface area contributed by atoms with E-state index >= 15 is 0 Å². The van der Waals surface area contributed by atoms with Crippen LogP contribution in [0.25, 0.3) is 0 Å². The third kappa shape index (κ3) is 7.85. The minimum atomic E-state index is -4.27. The van der Waals surface area contributed by atoms with E-state index in [1.807, 2.05) is 6.07 Å². The molecule has 0 aliphatic rings. The quantitative estimate of drug-likeness (QED) is 0.371. The van der Waals surface area contributed by atoms with E-state index in [1.165, 1.54) is 12.1 Å². The Morgan fingerprint density at radius 1 is 1.25 bits per heavy atom. The molecule has 0 aliphatic heterocycles. The van der Waals surface area contributed by atoms with E-state index in [1.54, 1.807) is 6.07 Å². The van der Waals surface area contributed by atoms with Crippen molar-refractivity contribution in [1.82, 2.24) is 0 Å². The van der Waals surface area contributed by atoms with Crippen molar-refractivity contribution in [2.75, 3.05) is 18.5 Å². The molecule has 6 heteroatoms.